The van der Waals surface area contributed by atoms with Gasteiger partial charge < -0.3 is 15.8 Å². The molecule has 3 N–H and O–H groups in total. The Hall–Kier alpha value is -0.900. The molecule has 1 aliphatic heterocycles. The summed E-state index contributed by atoms with van der Waals surface area (Å²) >= 11 is 0. The summed E-state index contributed by atoms with van der Waals surface area (Å²) in [7, 11) is 0. The second-order valence-electron chi connectivity index (χ2n) is 5.38. The van der Waals surface area contributed by atoms with E-state index in [-0.39, 0.29) is 6.04 Å². The molecule has 0 radical (unpaired) electrons. The number of nitrogens with two attached hydrogens (primary N) is 1. The molecule has 3 nitrogen and oxygen atoms in total. The lowest BCUT2D eigenvalue weighted by molar-refractivity contribution is 0.0873. The topological polar surface area (TPSA) is 47.3 Å². The van der Waals surface area contributed by atoms with Crippen molar-refractivity contribution in [2.45, 2.75) is 38.3 Å². The zero-order chi connectivity index (χ0) is 13.5. The number of rotatable bonds is 7. The summed E-state index contributed by atoms with van der Waals surface area (Å²) < 4.78 is 5.70. The summed E-state index contributed by atoms with van der Waals surface area (Å²) in [6.45, 7) is 5.16. The minimum absolute atomic E-state index is 0.135. The molecule has 1 aliphatic rings. The van der Waals surface area contributed by atoms with Gasteiger partial charge in [-0.05, 0) is 37.3 Å². The highest BCUT2D eigenvalue weighted by Gasteiger charge is 2.25. The molecule has 1 saturated heterocycles. The van der Waals surface area contributed by atoms with Gasteiger partial charge in [-0.25, -0.2) is 0 Å². The third kappa shape index (κ3) is 4.30. The van der Waals surface area contributed by atoms with Crippen molar-refractivity contribution in [2.24, 2.45) is 11.7 Å². The van der Waals surface area contributed by atoms with Gasteiger partial charge in [-0.2, -0.15) is 0 Å². The molecule has 106 valence electrons. The molecule has 0 spiro atoms. The smallest absolute Gasteiger partial charge is 0.0613 e. The second-order valence-corrected chi connectivity index (χ2v) is 5.38. The van der Waals surface area contributed by atoms with E-state index >= 15 is 0 Å². The van der Waals surface area contributed by atoms with Crippen molar-refractivity contribution in [3.63, 3.8) is 0 Å². The monoisotopic (exact) mass is 262 g/mol. The van der Waals surface area contributed by atoms with Crippen LogP contribution < -0.4 is 11.1 Å². The van der Waals surface area contributed by atoms with E-state index in [0.717, 1.165) is 32.5 Å². The van der Waals surface area contributed by atoms with Crippen LogP contribution in [-0.2, 0) is 4.74 Å². The molecule has 1 fully saturated rings. The Kier molecular flexibility index (Phi) is 5.83. The molecular weight excluding hydrogens is 236 g/mol. The molecule has 1 aromatic carbocycles. The van der Waals surface area contributed by atoms with Gasteiger partial charge in [0.1, 0.15) is 0 Å². The number of ether oxygens (including phenoxy) is 1. The van der Waals surface area contributed by atoms with Crippen molar-refractivity contribution < 1.29 is 4.74 Å². The quantitative estimate of drug-likeness (QED) is 0.742. The fraction of sp³-hybridized carbons (Fsp3) is 0.625. The summed E-state index contributed by atoms with van der Waals surface area (Å²) in [6, 6.07) is 10.5. The van der Waals surface area contributed by atoms with Gasteiger partial charge in [-0.3, -0.25) is 0 Å². The first-order valence-electron chi connectivity index (χ1n) is 7.44. The van der Waals surface area contributed by atoms with Crippen LogP contribution in [0.3, 0.4) is 0 Å². The van der Waals surface area contributed by atoms with Gasteiger partial charge in [0.05, 0.1) is 6.10 Å². The van der Waals surface area contributed by atoms with Gasteiger partial charge >= 0.3 is 0 Å². The molecule has 3 heteroatoms. The minimum atomic E-state index is 0.135. The minimum Gasteiger partial charge on any atom is -0.378 e. The van der Waals surface area contributed by atoms with Gasteiger partial charge in [0.2, 0.25) is 0 Å². The van der Waals surface area contributed by atoms with Crippen molar-refractivity contribution in [3.05, 3.63) is 35.9 Å². The third-order valence-electron chi connectivity index (χ3n) is 4.02. The lowest BCUT2D eigenvalue weighted by Gasteiger charge is -2.18. The largest absolute Gasteiger partial charge is 0.378 e. The normalized spacial score (nSPS) is 24.5. The Morgan fingerprint density at radius 2 is 2.16 bits per heavy atom. The molecule has 19 heavy (non-hydrogen) atoms. The van der Waals surface area contributed by atoms with E-state index in [0.29, 0.717) is 12.0 Å². The molecule has 1 heterocycles. The summed E-state index contributed by atoms with van der Waals surface area (Å²) in [6.07, 6.45) is 3.75. The first-order chi connectivity index (χ1) is 9.31. The molecule has 3 unspecified atom stereocenters. The summed E-state index contributed by atoms with van der Waals surface area (Å²) in [4.78, 5) is 0. The Bertz CT molecular complexity index is 355. The van der Waals surface area contributed by atoms with Crippen molar-refractivity contribution in [1.82, 2.24) is 5.32 Å². The Morgan fingerprint density at radius 3 is 2.89 bits per heavy atom. The van der Waals surface area contributed by atoms with Crippen LogP contribution in [0.5, 0.6) is 0 Å². The first kappa shape index (κ1) is 14.5. The maximum absolute atomic E-state index is 6.18. The van der Waals surface area contributed by atoms with Gasteiger partial charge in [0, 0.05) is 19.2 Å². The SMILES string of the molecule is CCC1OCCC1CNCCC(N)c1ccccc1. The van der Waals surface area contributed by atoms with Crippen LogP contribution in [0.4, 0.5) is 0 Å². The molecule has 0 aliphatic carbocycles. The molecule has 0 saturated carbocycles. The van der Waals surface area contributed by atoms with Crippen LogP contribution in [0.2, 0.25) is 0 Å². The van der Waals surface area contributed by atoms with E-state index in [1.54, 1.807) is 0 Å². The average molecular weight is 262 g/mol. The summed E-state index contributed by atoms with van der Waals surface area (Å²) in [5.74, 6) is 0.679. The highest BCUT2D eigenvalue weighted by atomic mass is 16.5. The number of nitrogens with one attached hydrogen (secondary N) is 1. The summed E-state index contributed by atoms with van der Waals surface area (Å²) in [5, 5.41) is 3.53. The predicted octanol–water partition coefficient (Wildman–Crippen LogP) is 2.48. The lowest BCUT2D eigenvalue weighted by atomic mass is 9.99. The van der Waals surface area contributed by atoms with Crippen LogP contribution >= 0.6 is 0 Å². The van der Waals surface area contributed by atoms with E-state index in [2.05, 4.69) is 24.4 Å². The van der Waals surface area contributed by atoms with Gasteiger partial charge in [0.15, 0.2) is 0 Å². The Morgan fingerprint density at radius 1 is 1.37 bits per heavy atom. The Labute approximate surface area is 116 Å². The van der Waals surface area contributed by atoms with Crippen molar-refractivity contribution >= 4 is 0 Å². The van der Waals surface area contributed by atoms with E-state index in [9.17, 15) is 0 Å². The van der Waals surface area contributed by atoms with E-state index in [4.69, 9.17) is 10.5 Å². The van der Waals surface area contributed by atoms with Gasteiger partial charge in [-0.15, -0.1) is 0 Å². The molecule has 0 bridgehead atoms. The molecular formula is C16H26N2O. The van der Waals surface area contributed by atoms with Crippen molar-refractivity contribution in [2.75, 3.05) is 19.7 Å². The molecule has 2 rings (SSSR count). The molecule has 0 amide bonds. The highest BCUT2D eigenvalue weighted by molar-refractivity contribution is 5.18. The summed E-state index contributed by atoms with van der Waals surface area (Å²) in [5.41, 5.74) is 7.40. The standard InChI is InChI=1S/C16H26N2O/c1-2-16-14(9-11-19-16)12-18-10-8-15(17)13-6-4-3-5-7-13/h3-7,14-16,18H,2,8-12,17H2,1H3. The second kappa shape index (κ2) is 7.63. The first-order valence-corrected chi connectivity index (χ1v) is 7.44. The predicted molar refractivity (Wildman–Crippen MR) is 79.0 cm³/mol. The third-order valence-corrected chi connectivity index (χ3v) is 4.02. The fourth-order valence-electron chi connectivity index (χ4n) is 2.79. The van der Waals surface area contributed by atoms with E-state index < -0.39 is 0 Å². The van der Waals surface area contributed by atoms with Crippen LogP contribution in [0, 0.1) is 5.92 Å². The lowest BCUT2D eigenvalue weighted by Crippen LogP contribution is -2.30. The number of hydrogen-bond donors (Lipinski definition) is 2. The maximum Gasteiger partial charge on any atom is 0.0613 e. The van der Waals surface area contributed by atoms with Gasteiger partial charge in [-0.1, -0.05) is 37.3 Å². The molecule has 3 atom stereocenters. The maximum atomic E-state index is 6.18. The van der Waals surface area contributed by atoms with Crippen LogP contribution in [-0.4, -0.2) is 25.8 Å². The molecule has 1 aromatic rings. The number of hydrogen-bond acceptors (Lipinski definition) is 3. The average Bonchev–Trinajstić information content (AvgIpc) is 2.91. The van der Waals surface area contributed by atoms with Crippen molar-refractivity contribution in [3.8, 4) is 0 Å². The zero-order valence-corrected chi connectivity index (χ0v) is 11.8. The fourth-order valence-corrected chi connectivity index (χ4v) is 2.79. The molecule has 0 aromatic heterocycles. The van der Waals surface area contributed by atoms with Crippen molar-refractivity contribution in [1.29, 1.82) is 0 Å². The Balaban J connectivity index is 1.64. The number of benzene rings is 1. The zero-order valence-electron chi connectivity index (χ0n) is 11.8. The van der Waals surface area contributed by atoms with E-state index in [1.165, 1.54) is 12.0 Å². The van der Waals surface area contributed by atoms with Crippen LogP contribution in [0.1, 0.15) is 37.8 Å². The van der Waals surface area contributed by atoms with Gasteiger partial charge in [0.25, 0.3) is 0 Å². The van der Waals surface area contributed by atoms with Crippen LogP contribution in [0.15, 0.2) is 30.3 Å². The van der Waals surface area contributed by atoms with Crippen LogP contribution in [0.25, 0.3) is 0 Å². The highest BCUT2D eigenvalue weighted by Crippen LogP contribution is 2.22. The van der Waals surface area contributed by atoms with E-state index in [1.807, 2.05) is 18.2 Å².